The molecule has 1 aliphatic heterocycles. The second-order valence-corrected chi connectivity index (χ2v) is 3.54. The zero-order valence-corrected chi connectivity index (χ0v) is 7.98. The van der Waals surface area contributed by atoms with Crippen LogP contribution in [0.3, 0.4) is 0 Å². The van der Waals surface area contributed by atoms with E-state index in [1.807, 2.05) is 11.0 Å². The molecule has 0 bridgehead atoms. The second kappa shape index (κ2) is 4.28. The van der Waals surface area contributed by atoms with Crippen molar-refractivity contribution in [1.82, 2.24) is 10.2 Å². The van der Waals surface area contributed by atoms with Crippen molar-refractivity contribution in [2.75, 3.05) is 19.6 Å². The predicted octanol–water partition coefficient (Wildman–Crippen LogP) is 0.252. The maximum absolute atomic E-state index is 10.8. The van der Waals surface area contributed by atoms with Gasteiger partial charge in [0.2, 0.25) is 6.41 Å². The van der Waals surface area contributed by atoms with Crippen LogP contribution in [0, 0.1) is 0 Å². The fourth-order valence-electron chi connectivity index (χ4n) is 1.79. The maximum atomic E-state index is 10.8. The Morgan fingerprint density at radius 1 is 1.71 bits per heavy atom. The minimum absolute atomic E-state index is 0.263. The molecule has 0 spiro atoms. The smallest absolute Gasteiger partial charge is 0.210 e. The molecule has 1 fully saturated rings. The molecule has 0 aliphatic carbocycles. The highest BCUT2D eigenvalue weighted by Gasteiger charge is 2.20. The second-order valence-electron chi connectivity index (χ2n) is 3.54. The zero-order valence-electron chi connectivity index (χ0n) is 7.98. The van der Waals surface area contributed by atoms with Crippen LogP contribution >= 0.6 is 0 Å². The summed E-state index contributed by atoms with van der Waals surface area (Å²) >= 11 is 0. The molecule has 1 saturated heterocycles. The largest absolute Gasteiger partial charge is 0.472 e. The third-order valence-corrected chi connectivity index (χ3v) is 2.58. The topological polar surface area (TPSA) is 45.5 Å². The number of carbonyl (C=O) groups is 1. The van der Waals surface area contributed by atoms with Crippen molar-refractivity contribution in [2.45, 2.75) is 12.5 Å². The number of furan rings is 1. The van der Waals surface area contributed by atoms with Crippen LogP contribution in [0.5, 0.6) is 0 Å². The molecule has 4 nitrogen and oxygen atoms in total. The first kappa shape index (κ1) is 9.27. The molecule has 76 valence electrons. The van der Waals surface area contributed by atoms with Gasteiger partial charge in [-0.2, -0.15) is 0 Å². The van der Waals surface area contributed by atoms with Gasteiger partial charge in [-0.1, -0.05) is 0 Å². The van der Waals surface area contributed by atoms with Gasteiger partial charge in [0.25, 0.3) is 0 Å². The van der Waals surface area contributed by atoms with Crippen molar-refractivity contribution in [3.63, 3.8) is 0 Å². The fraction of sp³-hybridized carbons (Fsp3) is 0.500. The lowest BCUT2D eigenvalue weighted by Gasteiger charge is -2.33. The Balaban J connectivity index is 1.98. The Labute approximate surface area is 82.9 Å². The normalized spacial score (nSPS) is 22.3. The van der Waals surface area contributed by atoms with Crippen LogP contribution in [0.25, 0.3) is 0 Å². The lowest BCUT2D eigenvalue weighted by atomic mass is 10.1. The summed E-state index contributed by atoms with van der Waals surface area (Å²) in [5.74, 6) is 0. The van der Waals surface area contributed by atoms with Crippen LogP contribution in [0.1, 0.15) is 5.56 Å². The van der Waals surface area contributed by atoms with Crippen molar-refractivity contribution in [3.05, 3.63) is 24.2 Å². The van der Waals surface area contributed by atoms with E-state index in [9.17, 15) is 4.79 Å². The first-order chi connectivity index (χ1) is 6.90. The van der Waals surface area contributed by atoms with Gasteiger partial charge in [-0.25, -0.2) is 0 Å². The van der Waals surface area contributed by atoms with Crippen molar-refractivity contribution in [3.8, 4) is 0 Å². The number of rotatable bonds is 3. The van der Waals surface area contributed by atoms with E-state index in [2.05, 4.69) is 5.32 Å². The monoisotopic (exact) mass is 194 g/mol. The molecule has 1 N–H and O–H groups in total. The molecule has 0 saturated carbocycles. The minimum atomic E-state index is 0.263. The molecule has 2 heterocycles. The predicted molar refractivity (Wildman–Crippen MR) is 51.8 cm³/mol. The molecule has 2 rings (SSSR count). The van der Waals surface area contributed by atoms with Crippen molar-refractivity contribution < 1.29 is 9.21 Å². The Morgan fingerprint density at radius 3 is 3.36 bits per heavy atom. The number of nitrogens with zero attached hydrogens (tertiary/aromatic N) is 1. The molecular formula is C10H14N2O2. The van der Waals surface area contributed by atoms with E-state index in [-0.39, 0.29) is 6.04 Å². The Bertz CT molecular complexity index is 284. The highest BCUT2D eigenvalue weighted by molar-refractivity contribution is 5.48. The fourth-order valence-corrected chi connectivity index (χ4v) is 1.79. The summed E-state index contributed by atoms with van der Waals surface area (Å²) in [6.07, 6.45) is 5.20. The van der Waals surface area contributed by atoms with Gasteiger partial charge in [-0.05, 0) is 18.1 Å². The third-order valence-electron chi connectivity index (χ3n) is 2.58. The average Bonchev–Trinajstić information content (AvgIpc) is 2.71. The molecule has 1 aliphatic rings. The van der Waals surface area contributed by atoms with Gasteiger partial charge in [0, 0.05) is 25.7 Å². The maximum Gasteiger partial charge on any atom is 0.210 e. The third kappa shape index (κ3) is 1.96. The Hall–Kier alpha value is -1.29. The SMILES string of the molecule is O=CN1CCNCC1Cc1ccoc1. The van der Waals surface area contributed by atoms with E-state index < -0.39 is 0 Å². The van der Waals surface area contributed by atoms with Gasteiger partial charge >= 0.3 is 0 Å². The summed E-state index contributed by atoms with van der Waals surface area (Å²) < 4.78 is 5.00. The van der Waals surface area contributed by atoms with Crippen LogP contribution in [-0.2, 0) is 11.2 Å². The number of carbonyl (C=O) groups excluding carboxylic acids is 1. The summed E-state index contributed by atoms with van der Waals surface area (Å²) in [7, 11) is 0. The van der Waals surface area contributed by atoms with E-state index in [0.717, 1.165) is 38.0 Å². The molecule has 1 unspecified atom stereocenters. The number of piperazine rings is 1. The summed E-state index contributed by atoms with van der Waals surface area (Å²) in [6, 6.07) is 2.20. The lowest BCUT2D eigenvalue weighted by molar-refractivity contribution is -0.120. The highest BCUT2D eigenvalue weighted by Crippen LogP contribution is 2.09. The number of nitrogens with one attached hydrogen (secondary N) is 1. The Morgan fingerprint density at radius 2 is 2.64 bits per heavy atom. The van der Waals surface area contributed by atoms with Crippen LogP contribution < -0.4 is 5.32 Å². The van der Waals surface area contributed by atoms with E-state index in [1.54, 1.807) is 12.5 Å². The highest BCUT2D eigenvalue weighted by atomic mass is 16.3. The number of hydrogen-bond donors (Lipinski definition) is 1. The van der Waals surface area contributed by atoms with Crippen molar-refractivity contribution in [1.29, 1.82) is 0 Å². The number of hydrogen-bond acceptors (Lipinski definition) is 3. The summed E-state index contributed by atoms with van der Waals surface area (Å²) in [6.45, 7) is 2.55. The molecule has 0 radical (unpaired) electrons. The van der Waals surface area contributed by atoms with Gasteiger partial charge in [0.05, 0.1) is 12.5 Å². The van der Waals surface area contributed by atoms with Gasteiger partial charge in [0.15, 0.2) is 0 Å². The molecule has 1 aromatic rings. The van der Waals surface area contributed by atoms with Crippen LogP contribution in [0.15, 0.2) is 23.0 Å². The standard InChI is InChI=1S/C10H14N2O2/c13-8-12-3-2-11-6-10(12)5-9-1-4-14-7-9/h1,4,7-8,10-11H,2-3,5-6H2. The Kier molecular flexibility index (Phi) is 2.84. The molecule has 1 atom stereocenters. The average molecular weight is 194 g/mol. The molecule has 1 amide bonds. The molecule has 14 heavy (non-hydrogen) atoms. The van der Waals surface area contributed by atoms with Crippen LogP contribution in [0.4, 0.5) is 0 Å². The van der Waals surface area contributed by atoms with Gasteiger partial charge in [-0.15, -0.1) is 0 Å². The first-order valence-corrected chi connectivity index (χ1v) is 4.83. The molecule has 0 aromatic carbocycles. The minimum Gasteiger partial charge on any atom is -0.472 e. The van der Waals surface area contributed by atoms with E-state index in [4.69, 9.17) is 4.42 Å². The van der Waals surface area contributed by atoms with Gasteiger partial charge in [0.1, 0.15) is 0 Å². The van der Waals surface area contributed by atoms with E-state index in [0.29, 0.717) is 0 Å². The van der Waals surface area contributed by atoms with Crippen molar-refractivity contribution in [2.24, 2.45) is 0 Å². The first-order valence-electron chi connectivity index (χ1n) is 4.83. The van der Waals surface area contributed by atoms with Crippen LogP contribution in [0.2, 0.25) is 0 Å². The molecular weight excluding hydrogens is 180 g/mol. The summed E-state index contributed by atoms with van der Waals surface area (Å²) in [5, 5.41) is 3.28. The van der Waals surface area contributed by atoms with Crippen LogP contribution in [-0.4, -0.2) is 37.0 Å². The van der Waals surface area contributed by atoms with E-state index >= 15 is 0 Å². The summed E-state index contributed by atoms with van der Waals surface area (Å²) in [5.41, 5.74) is 1.14. The quantitative estimate of drug-likeness (QED) is 0.702. The molecule has 1 aromatic heterocycles. The van der Waals surface area contributed by atoms with E-state index in [1.165, 1.54) is 0 Å². The van der Waals surface area contributed by atoms with Crippen molar-refractivity contribution >= 4 is 6.41 Å². The van der Waals surface area contributed by atoms with Gasteiger partial charge in [-0.3, -0.25) is 4.79 Å². The summed E-state index contributed by atoms with van der Waals surface area (Å²) in [4.78, 5) is 12.6. The zero-order chi connectivity index (χ0) is 9.80. The lowest BCUT2D eigenvalue weighted by Crippen LogP contribution is -2.51. The van der Waals surface area contributed by atoms with Gasteiger partial charge < -0.3 is 14.6 Å². The number of amides is 1. The molecule has 4 heteroatoms.